The average Bonchev–Trinajstić information content (AvgIpc) is 3.04. The molecule has 1 heterocycles. The van der Waals surface area contributed by atoms with Crippen LogP contribution in [-0.2, 0) is 9.84 Å². The van der Waals surface area contributed by atoms with Gasteiger partial charge in [0.15, 0.2) is 17.3 Å². The van der Waals surface area contributed by atoms with Crippen molar-refractivity contribution in [2.24, 2.45) is 4.99 Å². The van der Waals surface area contributed by atoms with E-state index in [0.29, 0.717) is 22.8 Å². The lowest BCUT2D eigenvalue weighted by molar-refractivity contribution is 0.103. The van der Waals surface area contributed by atoms with Gasteiger partial charge >= 0.3 is 0 Å². The number of hydrogen-bond acceptors (Lipinski definition) is 6. The maximum atomic E-state index is 13.3. The maximum absolute atomic E-state index is 13.3. The molecular formula is C34H31NO5S. The van der Waals surface area contributed by atoms with Crippen LogP contribution in [0.2, 0.25) is 0 Å². The zero-order chi connectivity index (χ0) is 28.6. The van der Waals surface area contributed by atoms with Crippen molar-refractivity contribution in [3.8, 4) is 11.5 Å². The van der Waals surface area contributed by atoms with Crippen LogP contribution >= 0.6 is 0 Å². The predicted molar refractivity (Wildman–Crippen MR) is 158 cm³/mol. The highest BCUT2D eigenvalue weighted by molar-refractivity contribution is 7.91. The third-order valence-corrected chi connectivity index (χ3v) is 9.92. The molecular weight excluding hydrogens is 534 g/mol. The summed E-state index contributed by atoms with van der Waals surface area (Å²) in [5.41, 5.74) is 5.06. The molecule has 0 saturated heterocycles. The van der Waals surface area contributed by atoms with Crippen molar-refractivity contribution >= 4 is 21.3 Å². The highest BCUT2D eigenvalue weighted by Crippen LogP contribution is 2.44. The van der Waals surface area contributed by atoms with Crippen LogP contribution in [0.3, 0.4) is 0 Å². The van der Waals surface area contributed by atoms with Crippen LogP contribution in [-0.4, -0.2) is 40.2 Å². The zero-order valence-corrected chi connectivity index (χ0v) is 23.9. The molecule has 6 rings (SSSR count). The number of aliphatic imine (C=N–C) groups is 1. The van der Waals surface area contributed by atoms with E-state index < -0.39 is 9.84 Å². The second kappa shape index (κ2) is 11.0. The minimum Gasteiger partial charge on any atom is -0.493 e. The van der Waals surface area contributed by atoms with Crippen molar-refractivity contribution < 1.29 is 22.7 Å². The lowest BCUT2D eigenvalue weighted by Gasteiger charge is -2.35. The number of fused-ring (bicyclic) bond motifs is 3. The smallest absolute Gasteiger partial charge is 0.206 e. The van der Waals surface area contributed by atoms with Gasteiger partial charge in [0.05, 0.1) is 35.8 Å². The van der Waals surface area contributed by atoms with E-state index in [9.17, 15) is 13.2 Å². The minimum atomic E-state index is -3.65. The van der Waals surface area contributed by atoms with Crippen LogP contribution < -0.4 is 9.47 Å². The number of methoxy groups -OCH3 is 2. The van der Waals surface area contributed by atoms with Gasteiger partial charge in [-0.05, 0) is 66.9 Å². The summed E-state index contributed by atoms with van der Waals surface area (Å²) in [7, 11) is -0.353. The summed E-state index contributed by atoms with van der Waals surface area (Å²) >= 11 is 0. The molecule has 0 aromatic heterocycles. The van der Waals surface area contributed by atoms with E-state index in [4.69, 9.17) is 14.5 Å². The molecule has 6 nitrogen and oxygen atoms in total. The minimum absolute atomic E-state index is 0.151. The van der Waals surface area contributed by atoms with Gasteiger partial charge in [0.25, 0.3) is 0 Å². The quantitative estimate of drug-likeness (QED) is 0.235. The molecule has 41 heavy (non-hydrogen) atoms. The van der Waals surface area contributed by atoms with Crippen molar-refractivity contribution in [2.75, 3.05) is 14.2 Å². The highest BCUT2D eigenvalue weighted by Gasteiger charge is 2.34. The van der Waals surface area contributed by atoms with Crippen molar-refractivity contribution in [3.05, 3.63) is 119 Å². The van der Waals surface area contributed by atoms with Gasteiger partial charge in [-0.1, -0.05) is 55.3 Å². The Hall–Kier alpha value is -4.23. The molecule has 7 heteroatoms. The summed E-state index contributed by atoms with van der Waals surface area (Å²) in [6.45, 7) is 0. The number of rotatable bonds is 7. The van der Waals surface area contributed by atoms with Gasteiger partial charge in [0.2, 0.25) is 9.84 Å². The largest absolute Gasteiger partial charge is 0.493 e. The molecule has 1 aliphatic carbocycles. The van der Waals surface area contributed by atoms with Gasteiger partial charge in [-0.2, -0.15) is 0 Å². The Morgan fingerprint density at radius 2 is 1.34 bits per heavy atom. The number of carbonyl (C=O) groups is 1. The van der Waals surface area contributed by atoms with Crippen molar-refractivity contribution in [1.29, 1.82) is 0 Å². The molecule has 2 unspecified atom stereocenters. The van der Waals surface area contributed by atoms with Gasteiger partial charge in [-0.25, -0.2) is 8.42 Å². The number of nitrogens with zero attached hydrogens (tertiary/aromatic N) is 1. The number of ether oxygens (including phenoxy) is 2. The van der Waals surface area contributed by atoms with E-state index in [1.165, 1.54) is 30.5 Å². The predicted octanol–water partition coefficient (Wildman–Crippen LogP) is 6.64. The SMILES string of the molecule is COc1cc2c(cc1OC)C1CCCCC1N=C2c1ccc(C(=O)c2ccc(S(=O)(=O)c3ccccc3)cc2)cc1. The van der Waals surface area contributed by atoms with Gasteiger partial charge < -0.3 is 9.47 Å². The molecule has 208 valence electrons. The summed E-state index contributed by atoms with van der Waals surface area (Å²) in [4.78, 5) is 18.9. The van der Waals surface area contributed by atoms with Gasteiger partial charge in [-0.3, -0.25) is 9.79 Å². The Balaban J connectivity index is 1.29. The number of hydrogen-bond donors (Lipinski definition) is 0. The fourth-order valence-electron chi connectivity index (χ4n) is 5.97. The van der Waals surface area contributed by atoms with E-state index in [1.54, 1.807) is 56.7 Å². The van der Waals surface area contributed by atoms with E-state index >= 15 is 0 Å². The Bertz CT molecular complexity index is 1730. The molecule has 4 aromatic rings. The second-order valence-corrected chi connectivity index (χ2v) is 12.4. The zero-order valence-electron chi connectivity index (χ0n) is 23.0. The molecule has 0 spiro atoms. The van der Waals surface area contributed by atoms with Crippen LogP contribution in [0.15, 0.2) is 106 Å². The Morgan fingerprint density at radius 1 is 0.756 bits per heavy atom. The third-order valence-electron chi connectivity index (χ3n) is 8.14. The molecule has 0 N–H and O–H groups in total. The first-order valence-electron chi connectivity index (χ1n) is 13.8. The summed E-state index contributed by atoms with van der Waals surface area (Å²) in [6, 6.07) is 26.2. The van der Waals surface area contributed by atoms with Gasteiger partial charge in [-0.15, -0.1) is 0 Å². The topological polar surface area (TPSA) is 82.0 Å². The number of benzene rings is 4. The summed E-state index contributed by atoms with van der Waals surface area (Å²) < 4.78 is 37.1. The third kappa shape index (κ3) is 4.95. The lowest BCUT2D eigenvalue weighted by atomic mass is 9.75. The molecule has 2 atom stereocenters. The summed E-state index contributed by atoms with van der Waals surface area (Å²) in [5.74, 6) is 1.57. The highest BCUT2D eigenvalue weighted by atomic mass is 32.2. The van der Waals surface area contributed by atoms with Crippen molar-refractivity contribution in [1.82, 2.24) is 0 Å². The number of carbonyl (C=O) groups excluding carboxylic acids is 1. The van der Waals surface area contributed by atoms with Crippen LogP contribution in [0.5, 0.6) is 11.5 Å². The fourth-order valence-corrected chi connectivity index (χ4v) is 7.25. The van der Waals surface area contributed by atoms with Crippen molar-refractivity contribution in [3.63, 3.8) is 0 Å². The fraction of sp³-hybridized carbons (Fsp3) is 0.235. The number of sulfone groups is 1. The van der Waals surface area contributed by atoms with Gasteiger partial charge in [0, 0.05) is 28.2 Å². The van der Waals surface area contributed by atoms with E-state index in [-0.39, 0.29) is 21.6 Å². The summed E-state index contributed by atoms with van der Waals surface area (Å²) in [5, 5.41) is 0. The van der Waals surface area contributed by atoms with Crippen LogP contribution in [0, 0.1) is 0 Å². The summed E-state index contributed by atoms with van der Waals surface area (Å²) in [6.07, 6.45) is 4.51. The molecule has 0 radical (unpaired) electrons. The average molecular weight is 566 g/mol. The molecule has 0 bridgehead atoms. The van der Waals surface area contributed by atoms with Crippen LogP contribution in [0.4, 0.5) is 0 Å². The lowest BCUT2D eigenvalue weighted by Crippen LogP contribution is -2.29. The Kier molecular flexibility index (Phi) is 7.22. The normalized spacial score (nSPS) is 18.0. The first kappa shape index (κ1) is 27.0. The second-order valence-electron chi connectivity index (χ2n) is 10.5. The first-order chi connectivity index (χ1) is 19.9. The Morgan fingerprint density at radius 3 is 2.00 bits per heavy atom. The number of ketones is 1. The van der Waals surface area contributed by atoms with Crippen molar-refractivity contribution in [2.45, 2.75) is 47.4 Å². The molecule has 2 aliphatic rings. The van der Waals surface area contributed by atoms with Gasteiger partial charge in [0.1, 0.15) is 0 Å². The monoisotopic (exact) mass is 565 g/mol. The first-order valence-corrected chi connectivity index (χ1v) is 15.3. The molecule has 1 aliphatic heterocycles. The standard InChI is InChI=1S/C34H31NO5S/c1-39-31-20-28-27-10-6-7-11-30(27)35-33(29(28)21-32(31)40-2)22-12-14-23(15-13-22)34(36)24-16-18-26(19-17-24)41(37,38)25-8-4-3-5-9-25/h3-5,8-9,12-21,27,30H,6-7,10-11H2,1-2H3. The molecule has 1 saturated carbocycles. The van der Waals surface area contributed by atoms with E-state index in [0.717, 1.165) is 35.4 Å². The van der Waals surface area contributed by atoms with E-state index in [2.05, 4.69) is 6.07 Å². The van der Waals surface area contributed by atoms with E-state index in [1.807, 2.05) is 30.3 Å². The Labute approximate surface area is 240 Å². The maximum Gasteiger partial charge on any atom is 0.206 e. The molecule has 0 amide bonds. The molecule has 1 fully saturated rings. The van der Waals surface area contributed by atoms with Crippen LogP contribution in [0.25, 0.3) is 0 Å². The van der Waals surface area contributed by atoms with Crippen LogP contribution in [0.1, 0.15) is 64.2 Å². The molecule has 4 aromatic carbocycles.